The minimum Gasteiger partial charge on any atom is -0.492 e. The Kier molecular flexibility index (Phi) is 7.86. The lowest BCUT2D eigenvalue weighted by Gasteiger charge is -2.12. The van der Waals surface area contributed by atoms with Crippen molar-refractivity contribution in [1.29, 1.82) is 0 Å². The van der Waals surface area contributed by atoms with Gasteiger partial charge in [0, 0.05) is 23.6 Å². The molecule has 34 heavy (non-hydrogen) atoms. The highest BCUT2D eigenvalue weighted by Gasteiger charge is 2.11. The van der Waals surface area contributed by atoms with Crippen molar-refractivity contribution in [2.24, 2.45) is 0 Å². The summed E-state index contributed by atoms with van der Waals surface area (Å²) in [5.41, 5.74) is 3.99. The molecule has 0 fully saturated rings. The van der Waals surface area contributed by atoms with Crippen LogP contribution in [-0.2, 0) is 13.0 Å². The first-order valence-electron chi connectivity index (χ1n) is 11.7. The molecule has 0 atom stereocenters. The molecule has 6 heteroatoms. The van der Waals surface area contributed by atoms with Crippen LogP contribution in [-0.4, -0.2) is 28.6 Å². The van der Waals surface area contributed by atoms with Crippen LogP contribution in [0.2, 0.25) is 5.02 Å². The van der Waals surface area contributed by atoms with E-state index >= 15 is 0 Å². The fraction of sp³-hybridized carbons (Fsp3) is 0.286. The number of rotatable bonds is 10. The van der Waals surface area contributed by atoms with Crippen molar-refractivity contribution in [2.45, 2.75) is 39.2 Å². The maximum absolute atomic E-state index is 12.3. The normalized spacial score (nSPS) is 11.2. The number of carbonyl (C=O) groups is 1. The molecule has 0 saturated heterocycles. The summed E-state index contributed by atoms with van der Waals surface area (Å²) < 4.78 is 8.24. The van der Waals surface area contributed by atoms with Gasteiger partial charge in [-0.1, -0.05) is 49.7 Å². The summed E-state index contributed by atoms with van der Waals surface area (Å²) in [5, 5.41) is 3.59. The largest absolute Gasteiger partial charge is 0.492 e. The van der Waals surface area contributed by atoms with Gasteiger partial charge < -0.3 is 14.6 Å². The zero-order chi connectivity index (χ0) is 23.9. The minimum atomic E-state index is -0.0953. The molecular weight excluding hydrogens is 446 g/mol. The smallest absolute Gasteiger partial charge is 0.251 e. The number of nitrogens with zero attached hydrogens (tertiary/aromatic N) is 2. The van der Waals surface area contributed by atoms with Crippen LogP contribution in [0.15, 0.2) is 72.8 Å². The fourth-order valence-corrected chi connectivity index (χ4v) is 4.05. The number of fused-ring (bicyclic) bond motifs is 1. The summed E-state index contributed by atoms with van der Waals surface area (Å²) >= 11 is 5.90. The molecule has 0 spiro atoms. The average Bonchev–Trinajstić information content (AvgIpc) is 3.20. The van der Waals surface area contributed by atoms with E-state index in [2.05, 4.69) is 41.9 Å². The maximum atomic E-state index is 12.3. The summed E-state index contributed by atoms with van der Waals surface area (Å²) in [6, 6.07) is 23.4. The summed E-state index contributed by atoms with van der Waals surface area (Å²) in [5.74, 6) is 2.29. The van der Waals surface area contributed by atoms with Crippen LogP contribution in [0.25, 0.3) is 11.0 Å². The second kappa shape index (κ2) is 11.2. The van der Waals surface area contributed by atoms with Crippen molar-refractivity contribution in [3.05, 3.63) is 94.8 Å². The Morgan fingerprint density at radius 1 is 1.03 bits per heavy atom. The van der Waals surface area contributed by atoms with Crippen LogP contribution in [0.1, 0.15) is 47.9 Å². The zero-order valence-electron chi connectivity index (χ0n) is 19.6. The summed E-state index contributed by atoms with van der Waals surface area (Å²) in [6.07, 6.45) is 1.55. The molecule has 0 aliphatic rings. The maximum Gasteiger partial charge on any atom is 0.251 e. The van der Waals surface area contributed by atoms with Gasteiger partial charge in [0.05, 0.1) is 17.6 Å². The van der Waals surface area contributed by atoms with E-state index in [1.807, 2.05) is 30.3 Å². The Balaban J connectivity index is 1.35. The quantitative estimate of drug-likeness (QED) is 0.275. The number of amides is 1. The predicted octanol–water partition coefficient (Wildman–Crippen LogP) is 6.25. The van der Waals surface area contributed by atoms with Crippen molar-refractivity contribution in [3.63, 3.8) is 0 Å². The standard InChI is InChI=1S/C28H30ClN3O2/c1-20(2)21-11-15-24(16-12-21)34-19-18-32-26-7-4-3-6-25(26)31-27(32)8-5-17-30-28(33)22-9-13-23(29)14-10-22/h3-4,6-7,9-16,20H,5,8,17-19H2,1-2H3,(H,30,33). The van der Waals surface area contributed by atoms with Gasteiger partial charge in [0.1, 0.15) is 18.2 Å². The number of aryl methyl sites for hydroxylation is 1. The minimum absolute atomic E-state index is 0.0953. The van der Waals surface area contributed by atoms with Crippen LogP contribution >= 0.6 is 11.6 Å². The highest BCUT2D eigenvalue weighted by Crippen LogP contribution is 2.20. The van der Waals surface area contributed by atoms with Gasteiger partial charge >= 0.3 is 0 Å². The Labute approximate surface area is 205 Å². The molecule has 1 heterocycles. The van der Waals surface area contributed by atoms with Crippen LogP contribution in [0.3, 0.4) is 0 Å². The molecule has 0 unspecified atom stereocenters. The average molecular weight is 476 g/mol. The van der Waals surface area contributed by atoms with Gasteiger partial charge in [-0.05, 0) is 66.4 Å². The van der Waals surface area contributed by atoms with E-state index in [-0.39, 0.29) is 5.91 Å². The second-order valence-corrected chi connectivity index (χ2v) is 9.04. The molecular formula is C28H30ClN3O2. The van der Waals surface area contributed by atoms with E-state index in [1.54, 1.807) is 24.3 Å². The third-order valence-electron chi connectivity index (χ3n) is 5.83. The van der Waals surface area contributed by atoms with E-state index < -0.39 is 0 Å². The summed E-state index contributed by atoms with van der Waals surface area (Å²) in [6.45, 7) is 6.21. The third-order valence-corrected chi connectivity index (χ3v) is 6.09. The first-order valence-corrected chi connectivity index (χ1v) is 12.1. The number of nitrogens with one attached hydrogen (secondary N) is 1. The van der Waals surface area contributed by atoms with Crippen molar-refractivity contribution in [1.82, 2.24) is 14.9 Å². The van der Waals surface area contributed by atoms with Crippen LogP contribution in [0.4, 0.5) is 0 Å². The molecule has 0 saturated carbocycles. The molecule has 176 valence electrons. The molecule has 0 radical (unpaired) electrons. The van der Waals surface area contributed by atoms with E-state index in [0.717, 1.165) is 35.4 Å². The third kappa shape index (κ3) is 5.97. The van der Waals surface area contributed by atoms with Gasteiger partial charge in [-0.25, -0.2) is 4.98 Å². The lowest BCUT2D eigenvalue weighted by atomic mass is 10.0. The fourth-order valence-electron chi connectivity index (χ4n) is 3.92. The first-order chi connectivity index (χ1) is 16.5. The molecule has 5 nitrogen and oxygen atoms in total. The van der Waals surface area contributed by atoms with Crippen LogP contribution in [0.5, 0.6) is 5.75 Å². The van der Waals surface area contributed by atoms with E-state index in [4.69, 9.17) is 21.3 Å². The summed E-state index contributed by atoms with van der Waals surface area (Å²) in [4.78, 5) is 17.2. The Bertz CT molecular complexity index is 1230. The monoisotopic (exact) mass is 475 g/mol. The Hall–Kier alpha value is -3.31. The van der Waals surface area contributed by atoms with Crippen molar-refractivity contribution in [2.75, 3.05) is 13.2 Å². The molecule has 0 aliphatic carbocycles. The number of ether oxygens (including phenoxy) is 1. The zero-order valence-corrected chi connectivity index (χ0v) is 20.4. The van der Waals surface area contributed by atoms with Gasteiger partial charge in [0.25, 0.3) is 5.91 Å². The van der Waals surface area contributed by atoms with Crippen molar-refractivity contribution < 1.29 is 9.53 Å². The molecule has 1 amide bonds. The number of imidazole rings is 1. The topological polar surface area (TPSA) is 56.1 Å². The van der Waals surface area contributed by atoms with Crippen molar-refractivity contribution >= 4 is 28.5 Å². The second-order valence-electron chi connectivity index (χ2n) is 8.61. The Morgan fingerprint density at radius 3 is 2.50 bits per heavy atom. The van der Waals surface area contributed by atoms with Gasteiger partial charge in [0.15, 0.2) is 0 Å². The molecule has 0 bridgehead atoms. The van der Waals surface area contributed by atoms with Gasteiger partial charge in [-0.15, -0.1) is 0 Å². The van der Waals surface area contributed by atoms with Gasteiger partial charge in [-0.3, -0.25) is 4.79 Å². The number of benzene rings is 3. The number of hydrogen-bond donors (Lipinski definition) is 1. The molecule has 0 aliphatic heterocycles. The Morgan fingerprint density at radius 2 is 1.76 bits per heavy atom. The highest BCUT2D eigenvalue weighted by atomic mass is 35.5. The van der Waals surface area contributed by atoms with Crippen LogP contribution < -0.4 is 10.1 Å². The molecule has 4 rings (SSSR count). The van der Waals surface area contributed by atoms with Crippen LogP contribution in [0, 0.1) is 0 Å². The van der Waals surface area contributed by atoms with Gasteiger partial charge in [-0.2, -0.15) is 0 Å². The highest BCUT2D eigenvalue weighted by molar-refractivity contribution is 6.30. The number of para-hydroxylation sites is 2. The lowest BCUT2D eigenvalue weighted by molar-refractivity contribution is 0.0953. The van der Waals surface area contributed by atoms with E-state index in [9.17, 15) is 4.79 Å². The molecule has 1 aromatic heterocycles. The van der Waals surface area contributed by atoms with Crippen molar-refractivity contribution in [3.8, 4) is 5.75 Å². The number of aromatic nitrogens is 2. The summed E-state index contributed by atoms with van der Waals surface area (Å²) in [7, 11) is 0. The van der Waals surface area contributed by atoms with Gasteiger partial charge in [0.2, 0.25) is 0 Å². The molecule has 3 aromatic carbocycles. The SMILES string of the molecule is CC(C)c1ccc(OCCn2c(CCCNC(=O)c3ccc(Cl)cc3)nc3ccccc32)cc1. The predicted molar refractivity (Wildman–Crippen MR) is 138 cm³/mol. The number of halogens is 1. The molecule has 1 N–H and O–H groups in total. The first kappa shape index (κ1) is 23.8. The number of carbonyl (C=O) groups excluding carboxylic acids is 1. The van der Waals surface area contributed by atoms with E-state index in [1.165, 1.54) is 5.56 Å². The lowest BCUT2D eigenvalue weighted by Crippen LogP contribution is -2.25. The molecule has 4 aromatic rings. The number of hydrogen-bond acceptors (Lipinski definition) is 3. The van der Waals surface area contributed by atoms with E-state index in [0.29, 0.717) is 36.2 Å².